The molecule has 1 unspecified atom stereocenters. The van der Waals surface area contributed by atoms with E-state index in [1.807, 2.05) is 6.92 Å². The van der Waals surface area contributed by atoms with Crippen LogP contribution >= 0.6 is 0 Å². The van der Waals surface area contributed by atoms with Gasteiger partial charge in [0.2, 0.25) is 0 Å². The lowest BCUT2D eigenvalue weighted by Crippen LogP contribution is -2.58. The highest BCUT2D eigenvalue weighted by Gasteiger charge is 2.38. The van der Waals surface area contributed by atoms with Gasteiger partial charge in [0, 0.05) is 19.6 Å². The molecule has 18 heavy (non-hydrogen) atoms. The highest BCUT2D eigenvalue weighted by atomic mass is 16.5. The van der Waals surface area contributed by atoms with Crippen molar-refractivity contribution in [2.75, 3.05) is 26.2 Å². The van der Waals surface area contributed by atoms with Crippen molar-refractivity contribution in [3.63, 3.8) is 0 Å². The van der Waals surface area contributed by atoms with Crippen molar-refractivity contribution in [1.29, 1.82) is 0 Å². The van der Waals surface area contributed by atoms with Crippen molar-refractivity contribution < 1.29 is 19.1 Å². The van der Waals surface area contributed by atoms with Crippen LogP contribution in [0.2, 0.25) is 0 Å². The third kappa shape index (κ3) is 2.80. The van der Waals surface area contributed by atoms with E-state index in [0.717, 1.165) is 0 Å². The third-order valence-electron chi connectivity index (χ3n) is 3.05. The van der Waals surface area contributed by atoms with E-state index >= 15 is 0 Å². The molecule has 1 atom stereocenters. The number of piperazine rings is 1. The summed E-state index contributed by atoms with van der Waals surface area (Å²) in [6, 6.07) is -0.652. The Bertz CT molecular complexity index is 343. The quantitative estimate of drug-likeness (QED) is 0.513. The van der Waals surface area contributed by atoms with E-state index < -0.39 is 23.8 Å². The zero-order valence-corrected chi connectivity index (χ0v) is 11.1. The van der Waals surface area contributed by atoms with Gasteiger partial charge >= 0.3 is 17.8 Å². The fraction of sp³-hybridized carbons (Fsp3) is 0.750. The van der Waals surface area contributed by atoms with Crippen molar-refractivity contribution in [3.05, 3.63) is 0 Å². The smallest absolute Gasteiger partial charge is 0.328 e. The van der Waals surface area contributed by atoms with Crippen LogP contribution in [0.4, 0.5) is 0 Å². The summed E-state index contributed by atoms with van der Waals surface area (Å²) >= 11 is 0. The molecular formula is C12H20N2O4. The standard InChI is InChI=1S/C12H20N2O4/c1-4-9(12(17)18-6-3)14-8-7-13(5-2)10(15)11(14)16/h9H,4-8H2,1-3H3. The topological polar surface area (TPSA) is 66.9 Å². The highest BCUT2D eigenvalue weighted by molar-refractivity contribution is 6.35. The van der Waals surface area contributed by atoms with E-state index in [1.54, 1.807) is 13.8 Å². The number of carbonyl (C=O) groups is 3. The van der Waals surface area contributed by atoms with Gasteiger partial charge in [0.25, 0.3) is 0 Å². The summed E-state index contributed by atoms with van der Waals surface area (Å²) in [6.45, 7) is 6.97. The molecule has 0 N–H and O–H groups in total. The lowest BCUT2D eigenvalue weighted by molar-refractivity contribution is -0.164. The molecular weight excluding hydrogens is 236 g/mol. The Morgan fingerprint density at radius 3 is 2.39 bits per heavy atom. The van der Waals surface area contributed by atoms with Crippen LogP contribution in [0.1, 0.15) is 27.2 Å². The molecule has 0 aromatic carbocycles. The highest BCUT2D eigenvalue weighted by Crippen LogP contribution is 2.13. The number of amides is 2. The van der Waals surface area contributed by atoms with Crippen molar-refractivity contribution in [2.45, 2.75) is 33.2 Å². The molecule has 1 heterocycles. The Labute approximate surface area is 107 Å². The molecule has 1 aliphatic rings. The average Bonchev–Trinajstić information content (AvgIpc) is 2.36. The van der Waals surface area contributed by atoms with Crippen LogP contribution < -0.4 is 0 Å². The minimum atomic E-state index is -0.652. The second kappa shape index (κ2) is 6.37. The van der Waals surface area contributed by atoms with Crippen LogP contribution in [-0.4, -0.2) is 59.9 Å². The summed E-state index contributed by atoms with van der Waals surface area (Å²) in [6.07, 6.45) is 0.448. The lowest BCUT2D eigenvalue weighted by Gasteiger charge is -2.36. The second-order valence-corrected chi connectivity index (χ2v) is 4.06. The largest absolute Gasteiger partial charge is 0.464 e. The lowest BCUT2D eigenvalue weighted by atomic mass is 10.1. The minimum absolute atomic E-state index is 0.270. The molecule has 6 nitrogen and oxygen atoms in total. The van der Waals surface area contributed by atoms with Gasteiger partial charge in [0.15, 0.2) is 0 Å². The fourth-order valence-electron chi connectivity index (χ4n) is 2.04. The summed E-state index contributed by atoms with van der Waals surface area (Å²) in [4.78, 5) is 38.2. The predicted molar refractivity (Wildman–Crippen MR) is 64.7 cm³/mol. The van der Waals surface area contributed by atoms with Crippen molar-refractivity contribution in [3.8, 4) is 0 Å². The molecule has 2 amide bonds. The first-order valence-corrected chi connectivity index (χ1v) is 6.33. The molecule has 6 heteroatoms. The van der Waals surface area contributed by atoms with Gasteiger partial charge in [-0.1, -0.05) is 6.92 Å². The maximum absolute atomic E-state index is 11.9. The van der Waals surface area contributed by atoms with Crippen molar-refractivity contribution in [2.24, 2.45) is 0 Å². The Balaban J connectivity index is 2.79. The average molecular weight is 256 g/mol. The monoisotopic (exact) mass is 256 g/mol. The predicted octanol–water partition coefficient (Wildman–Crippen LogP) is 0.0188. The maximum Gasteiger partial charge on any atom is 0.328 e. The number of rotatable bonds is 5. The van der Waals surface area contributed by atoms with Gasteiger partial charge in [-0.15, -0.1) is 0 Å². The Kier molecular flexibility index (Phi) is 5.12. The van der Waals surface area contributed by atoms with Gasteiger partial charge in [-0.05, 0) is 20.3 Å². The molecule has 0 bridgehead atoms. The number of carbonyl (C=O) groups excluding carboxylic acids is 3. The van der Waals surface area contributed by atoms with Gasteiger partial charge in [0.1, 0.15) is 6.04 Å². The molecule has 0 saturated carbocycles. The minimum Gasteiger partial charge on any atom is -0.464 e. The molecule has 1 saturated heterocycles. The van der Waals surface area contributed by atoms with E-state index in [0.29, 0.717) is 26.1 Å². The number of nitrogens with zero attached hydrogens (tertiary/aromatic N) is 2. The summed E-state index contributed by atoms with van der Waals surface area (Å²) in [5, 5.41) is 0. The Morgan fingerprint density at radius 2 is 1.89 bits per heavy atom. The van der Waals surface area contributed by atoms with Crippen molar-refractivity contribution in [1.82, 2.24) is 9.80 Å². The number of ether oxygens (including phenoxy) is 1. The van der Waals surface area contributed by atoms with E-state index in [9.17, 15) is 14.4 Å². The van der Waals surface area contributed by atoms with E-state index in [-0.39, 0.29) is 6.61 Å². The summed E-state index contributed by atoms with van der Waals surface area (Å²) < 4.78 is 4.93. The zero-order valence-electron chi connectivity index (χ0n) is 11.1. The van der Waals surface area contributed by atoms with Crippen LogP contribution in [0.25, 0.3) is 0 Å². The number of hydrogen-bond donors (Lipinski definition) is 0. The van der Waals surface area contributed by atoms with E-state index in [2.05, 4.69) is 0 Å². The summed E-state index contributed by atoms with van der Waals surface area (Å²) in [7, 11) is 0. The normalized spacial score (nSPS) is 17.9. The van der Waals surface area contributed by atoms with Gasteiger partial charge in [0.05, 0.1) is 6.61 Å². The van der Waals surface area contributed by atoms with Crippen LogP contribution in [0.5, 0.6) is 0 Å². The van der Waals surface area contributed by atoms with Gasteiger partial charge < -0.3 is 14.5 Å². The SMILES string of the molecule is CCOC(=O)C(CC)N1CCN(CC)C(=O)C1=O. The van der Waals surface area contributed by atoms with Gasteiger partial charge in [-0.3, -0.25) is 9.59 Å². The van der Waals surface area contributed by atoms with E-state index in [4.69, 9.17) is 4.74 Å². The van der Waals surface area contributed by atoms with Crippen molar-refractivity contribution >= 4 is 17.8 Å². The molecule has 102 valence electrons. The third-order valence-corrected chi connectivity index (χ3v) is 3.05. The number of esters is 1. The molecule has 1 aliphatic heterocycles. The molecule has 1 fully saturated rings. The van der Waals surface area contributed by atoms with Crippen LogP contribution in [0, 0.1) is 0 Å². The first kappa shape index (κ1) is 14.5. The molecule has 0 aromatic heterocycles. The maximum atomic E-state index is 11.9. The molecule has 0 spiro atoms. The Morgan fingerprint density at radius 1 is 1.22 bits per heavy atom. The number of hydrogen-bond acceptors (Lipinski definition) is 4. The first-order valence-electron chi connectivity index (χ1n) is 6.33. The molecule has 0 aliphatic carbocycles. The van der Waals surface area contributed by atoms with Gasteiger partial charge in [-0.2, -0.15) is 0 Å². The van der Waals surface area contributed by atoms with E-state index in [1.165, 1.54) is 9.80 Å². The Hall–Kier alpha value is -1.59. The second-order valence-electron chi connectivity index (χ2n) is 4.06. The summed E-state index contributed by atoms with van der Waals surface area (Å²) in [5.41, 5.74) is 0. The first-order chi connectivity index (χ1) is 8.56. The number of likely N-dealkylation sites (N-methyl/N-ethyl adjacent to an activating group) is 1. The molecule has 1 rings (SSSR count). The van der Waals surface area contributed by atoms with Crippen LogP contribution in [0.3, 0.4) is 0 Å². The van der Waals surface area contributed by atoms with Crippen LogP contribution in [-0.2, 0) is 19.1 Å². The zero-order chi connectivity index (χ0) is 13.7. The molecule has 0 aromatic rings. The summed E-state index contributed by atoms with van der Waals surface area (Å²) in [5.74, 6) is -1.58. The molecule has 0 radical (unpaired) electrons. The fourth-order valence-corrected chi connectivity index (χ4v) is 2.04. The van der Waals surface area contributed by atoms with Gasteiger partial charge in [-0.25, -0.2) is 4.79 Å². The van der Waals surface area contributed by atoms with Crippen LogP contribution in [0.15, 0.2) is 0 Å².